The molecule has 4 aliphatic carbocycles. The van der Waals surface area contributed by atoms with Gasteiger partial charge in [-0.05, 0) is 63.6 Å². The van der Waals surface area contributed by atoms with Gasteiger partial charge >= 0.3 is 6.09 Å². The van der Waals surface area contributed by atoms with Crippen LogP contribution in [0.5, 0.6) is 11.6 Å². The van der Waals surface area contributed by atoms with Gasteiger partial charge in [-0.2, -0.15) is 4.98 Å². The number of anilines is 2. The molecule has 5 fully saturated rings. The van der Waals surface area contributed by atoms with Crippen molar-refractivity contribution in [3.8, 4) is 11.6 Å². The van der Waals surface area contributed by atoms with Gasteiger partial charge in [0.2, 0.25) is 5.75 Å². The van der Waals surface area contributed by atoms with Gasteiger partial charge in [0, 0.05) is 23.8 Å². The minimum absolute atomic E-state index is 0.0107. The van der Waals surface area contributed by atoms with Gasteiger partial charge in [-0.25, -0.2) is 9.78 Å². The maximum atomic E-state index is 12.8. The van der Waals surface area contributed by atoms with E-state index in [2.05, 4.69) is 21.4 Å². The van der Waals surface area contributed by atoms with E-state index in [1.165, 1.54) is 31.2 Å². The lowest BCUT2D eigenvalue weighted by Gasteiger charge is -2.42. The number of hydrogen-bond acceptors (Lipinski definition) is 7. The number of hydrogen-bond donors (Lipinski definition) is 1. The SMILES string of the molecule is COc1c(Nc2ccc(CCC3CC3)cc2Cl)ncnc1O[C@H]1CC2N(C(=O)OC(C)(C)C)[C@]34CC23C14. The number of nitrogens with one attached hydrogen (secondary N) is 1. The van der Waals surface area contributed by atoms with Crippen LogP contribution in [0.3, 0.4) is 0 Å². The van der Waals surface area contributed by atoms with E-state index in [0.29, 0.717) is 28.4 Å². The summed E-state index contributed by atoms with van der Waals surface area (Å²) in [5.74, 6) is 2.58. The summed E-state index contributed by atoms with van der Waals surface area (Å²) >= 11 is 6.61. The monoisotopic (exact) mass is 524 g/mol. The number of halogens is 1. The maximum absolute atomic E-state index is 12.8. The highest BCUT2D eigenvalue weighted by molar-refractivity contribution is 6.33. The lowest BCUT2D eigenvalue weighted by molar-refractivity contribution is -0.0247. The third kappa shape index (κ3) is 3.37. The summed E-state index contributed by atoms with van der Waals surface area (Å²) < 4.78 is 17.8. The first-order chi connectivity index (χ1) is 17.7. The second-order valence-electron chi connectivity index (χ2n) is 12.4. The summed E-state index contributed by atoms with van der Waals surface area (Å²) in [6, 6.07) is 6.31. The summed E-state index contributed by atoms with van der Waals surface area (Å²) in [7, 11) is 1.59. The van der Waals surface area contributed by atoms with Gasteiger partial charge in [0.15, 0.2) is 5.82 Å². The summed E-state index contributed by atoms with van der Waals surface area (Å²) in [5.41, 5.74) is 1.67. The smallest absolute Gasteiger partial charge is 0.411 e. The quantitative estimate of drug-likeness (QED) is 0.470. The molecule has 2 aromatic rings. The average molecular weight is 525 g/mol. The van der Waals surface area contributed by atoms with E-state index in [0.717, 1.165) is 30.9 Å². The molecule has 5 aliphatic rings. The topological polar surface area (TPSA) is 85.8 Å². The van der Waals surface area contributed by atoms with Crippen LogP contribution < -0.4 is 14.8 Å². The van der Waals surface area contributed by atoms with Crippen molar-refractivity contribution in [3.05, 3.63) is 35.1 Å². The molecule has 1 N–H and O–H groups in total. The summed E-state index contributed by atoms with van der Waals surface area (Å²) in [5, 5.41) is 3.95. The molecule has 1 aromatic heterocycles. The Morgan fingerprint density at radius 2 is 2.08 bits per heavy atom. The van der Waals surface area contributed by atoms with E-state index in [1.807, 2.05) is 37.8 Å². The number of nitrogens with zero attached hydrogens (tertiary/aromatic N) is 3. The molecule has 2 heterocycles. The van der Waals surface area contributed by atoms with Gasteiger partial charge in [-0.1, -0.05) is 30.5 Å². The molecule has 7 rings (SSSR count). The summed E-state index contributed by atoms with van der Waals surface area (Å²) in [4.78, 5) is 23.6. The molecular weight excluding hydrogens is 492 g/mol. The largest absolute Gasteiger partial charge is 0.489 e. The number of ether oxygens (including phenoxy) is 3. The molecule has 8 nitrogen and oxygen atoms in total. The van der Waals surface area contributed by atoms with Crippen LogP contribution >= 0.6 is 11.6 Å². The predicted octanol–water partition coefficient (Wildman–Crippen LogP) is 5.75. The second kappa shape index (κ2) is 7.65. The Morgan fingerprint density at radius 1 is 1.27 bits per heavy atom. The molecule has 196 valence electrons. The Hall–Kier alpha value is -2.74. The zero-order valence-corrected chi connectivity index (χ0v) is 22.5. The first-order valence-electron chi connectivity index (χ1n) is 13.3. The number of aromatic nitrogens is 2. The maximum Gasteiger partial charge on any atom is 0.411 e. The van der Waals surface area contributed by atoms with Crippen LogP contribution in [-0.4, -0.2) is 51.4 Å². The van der Waals surface area contributed by atoms with E-state index in [9.17, 15) is 4.79 Å². The minimum atomic E-state index is -0.498. The molecule has 1 aliphatic heterocycles. The number of amides is 1. The Balaban J connectivity index is 1.04. The van der Waals surface area contributed by atoms with Crippen molar-refractivity contribution in [2.75, 3.05) is 12.4 Å². The molecule has 9 heteroatoms. The van der Waals surface area contributed by atoms with Crippen LogP contribution in [0, 0.1) is 17.3 Å². The number of carbonyl (C=O) groups excluding carboxylic acids is 1. The standard InChI is InChI=1S/C28H33ClN4O4/c1-26(2,3)37-25(34)33-20-12-19(22-27(20)13-28(22,27)33)36-24-21(35-4)23(30-14-31-24)32-18-10-9-16(11-17(18)29)8-7-15-5-6-15/h9-11,14-15,19-20,22H,5-8,12-13H2,1-4H3,(H,30,31,32)/t19-,20?,22?,27?,28-/m0/s1. The molecule has 1 aromatic carbocycles. The second-order valence-corrected chi connectivity index (χ2v) is 12.8. The Bertz CT molecular complexity index is 1290. The zero-order valence-electron chi connectivity index (χ0n) is 21.7. The lowest BCUT2D eigenvalue weighted by atomic mass is 9.99. The number of aryl methyl sites for hydroxylation is 1. The fourth-order valence-corrected chi connectivity index (χ4v) is 7.50. The third-order valence-electron chi connectivity index (χ3n) is 9.05. The number of rotatable bonds is 8. The molecule has 0 bridgehead atoms. The number of likely N-dealkylation sites (tertiary alicyclic amines) is 1. The number of carbonyl (C=O) groups is 1. The van der Waals surface area contributed by atoms with Crippen molar-refractivity contribution in [1.29, 1.82) is 0 Å². The van der Waals surface area contributed by atoms with Gasteiger partial charge in [0.05, 0.1) is 23.4 Å². The molecule has 1 spiro atoms. The highest BCUT2D eigenvalue weighted by Gasteiger charge is 3.08. The third-order valence-corrected chi connectivity index (χ3v) is 9.36. The first kappa shape index (κ1) is 23.4. The zero-order chi connectivity index (χ0) is 25.7. The number of methoxy groups -OCH3 is 1. The van der Waals surface area contributed by atoms with Gasteiger partial charge in [0.25, 0.3) is 5.88 Å². The Kier molecular flexibility index (Phi) is 4.84. The van der Waals surface area contributed by atoms with E-state index in [4.69, 9.17) is 25.8 Å². The van der Waals surface area contributed by atoms with Crippen LogP contribution in [-0.2, 0) is 11.2 Å². The molecule has 37 heavy (non-hydrogen) atoms. The fourth-order valence-electron chi connectivity index (χ4n) is 7.25. The number of piperidine rings is 1. The predicted molar refractivity (Wildman–Crippen MR) is 139 cm³/mol. The molecule has 1 amide bonds. The fraction of sp³-hybridized carbons (Fsp3) is 0.607. The van der Waals surface area contributed by atoms with Crippen LogP contribution in [0.4, 0.5) is 16.3 Å². The lowest BCUT2D eigenvalue weighted by Crippen LogP contribution is -2.57. The van der Waals surface area contributed by atoms with Crippen LogP contribution in [0.15, 0.2) is 24.5 Å². The van der Waals surface area contributed by atoms with E-state index < -0.39 is 5.60 Å². The molecular formula is C28H33ClN4O4. The summed E-state index contributed by atoms with van der Waals surface area (Å²) in [6.45, 7) is 5.72. The summed E-state index contributed by atoms with van der Waals surface area (Å²) in [6.07, 6.45) is 8.09. The minimum Gasteiger partial charge on any atom is -0.489 e. The van der Waals surface area contributed by atoms with Crippen molar-refractivity contribution >= 4 is 29.2 Å². The van der Waals surface area contributed by atoms with Crippen molar-refractivity contribution in [2.45, 2.75) is 82.6 Å². The molecule has 0 radical (unpaired) electrons. The first-order valence-corrected chi connectivity index (χ1v) is 13.7. The van der Waals surface area contributed by atoms with E-state index in [1.54, 1.807) is 7.11 Å². The van der Waals surface area contributed by atoms with Crippen molar-refractivity contribution in [1.82, 2.24) is 14.9 Å². The highest BCUT2D eigenvalue weighted by Crippen LogP contribution is 2.99. The van der Waals surface area contributed by atoms with Gasteiger partial charge in [-0.3, -0.25) is 4.90 Å². The van der Waals surface area contributed by atoms with Crippen LogP contribution in [0.25, 0.3) is 0 Å². The van der Waals surface area contributed by atoms with Crippen LogP contribution in [0.1, 0.15) is 58.4 Å². The molecule has 1 saturated heterocycles. The van der Waals surface area contributed by atoms with E-state index in [-0.39, 0.29) is 29.2 Å². The molecule has 4 saturated carbocycles. The normalized spacial score (nSPS) is 32.1. The van der Waals surface area contributed by atoms with Crippen molar-refractivity contribution in [3.63, 3.8) is 0 Å². The number of benzene rings is 1. The average Bonchev–Trinajstić information content (AvgIpc) is 3.74. The van der Waals surface area contributed by atoms with Crippen molar-refractivity contribution in [2.24, 2.45) is 17.3 Å². The van der Waals surface area contributed by atoms with Crippen LogP contribution in [0.2, 0.25) is 5.02 Å². The van der Waals surface area contributed by atoms with Gasteiger partial charge in [-0.15, -0.1) is 0 Å². The highest BCUT2D eigenvalue weighted by atomic mass is 35.5. The molecule has 3 unspecified atom stereocenters. The van der Waals surface area contributed by atoms with Crippen molar-refractivity contribution < 1.29 is 19.0 Å². The van der Waals surface area contributed by atoms with Gasteiger partial charge < -0.3 is 19.5 Å². The van der Waals surface area contributed by atoms with E-state index >= 15 is 0 Å². The Labute approximate surface area is 222 Å². The van der Waals surface area contributed by atoms with Gasteiger partial charge in [0.1, 0.15) is 18.0 Å². The Morgan fingerprint density at radius 3 is 2.76 bits per heavy atom. The molecule has 5 atom stereocenters.